The van der Waals surface area contributed by atoms with Crippen LogP contribution in [0.15, 0.2) is 30.5 Å². The number of aliphatic hydroxyl groups excluding tert-OH is 1. The van der Waals surface area contributed by atoms with Crippen molar-refractivity contribution in [2.75, 3.05) is 25.9 Å². The van der Waals surface area contributed by atoms with Gasteiger partial charge >= 0.3 is 0 Å². The summed E-state index contributed by atoms with van der Waals surface area (Å²) < 4.78 is 7.60. The number of nitrogens with two attached hydrogens (primary N) is 1. The molecule has 4 rings (SSSR count). The lowest BCUT2D eigenvalue weighted by Gasteiger charge is -2.12. The van der Waals surface area contributed by atoms with Crippen LogP contribution in [0.3, 0.4) is 0 Å². The minimum Gasteiger partial charge on any atom is -0.491 e. The summed E-state index contributed by atoms with van der Waals surface area (Å²) in [6, 6.07) is 7.89. The summed E-state index contributed by atoms with van der Waals surface area (Å²) in [5.74, 6) is 1.61. The zero-order valence-corrected chi connectivity index (χ0v) is 14.6. The molecule has 0 amide bonds. The SMILES string of the molecule is CNCC(O)COc1cccc(-c2nc(N)c3cnn(C4CC4)c3n2)c1. The van der Waals surface area contributed by atoms with E-state index in [2.05, 4.69) is 20.4 Å². The van der Waals surface area contributed by atoms with Crippen molar-refractivity contribution in [3.8, 4) is 17.1 Å². The molecule has 0 radical (unpaired) electrons. The fraction of sp³-hybridized carbons (Fsp3) is 0.389. The molecule has 2 aromatic heterocycles. The lowest BCUT2D eigenvalue weighted by molar-refractivity contribution is 0.108. The fourth-order valence-corrected chi connectivity index (χ4v) is 2.87. The Morgan fingerprint density at radius 2 is 2.23 bits per heavy atom. The Bertz CT molecular complexity index is 921. The first-order valence-electron chi connectivity index (χ1n) is 8.72. The van der Waals surface area contributed by atoms with E-state index in [0.717, 1.165) is 29.4 Å². The maximum atomic E-state index is 9.78. The standard InChI is InChI=1S/C18H22N6O2/c1-20-8-13(25)10-26-14-4-2-3-11(7-14)17-22-16(19)15-9-21-24(12-5-6-12)18(15)23-17/h2-4,7,9,12-13,20,25H,5-6,8,10H2,1H3,(H2,19,22,23). The number of likely N-dealkylation sites (N-methyl/N-ethyl adjacent to an activating group) is 1. The maximum Gasteiger partial charge on any atom is 0.164 e. The van der Waals surface area contributed by atoms with Crippen molar-refractivity contribution in [1.82, 2.24) is 25.1 Å². The third-order valence-corrected chi connectivity index (χ3v) is 4.35. The van der Waals surface area contributed by atoms with E-state index < -0.39 is 6.10 Å². The number of nitrogens with one attached hydrogen (secondary N) is 1. The van der Waals surface area contributed by atoms with E-state index in [-0.39, 0.29) is 6.61 Å². The van der Waals surface area contributed by atoms with Gasteiger partial charge in [0, 0.05) is 12.1 Å². The lowest BCUT2D eigenvalue weighted by atomic mass is 10.2. The molecule has 26 heavy (non-hydrogen) atoms. The highest BCUT2D eigenvalue weighted by Gasteiger charge is 2.27. The topological polar surface area (TPSA) is 111 Å². The second-order valence-corrected chi connectivity index (χ2v) is 6.54. The van der Waals surface area contributed by atoms with Gasteiger partial charge in [-0.15, -0.1) is 0 Å². The van der Waals surface area contributed by atoms with Crippen molar-refractivity contribution in [1.29, 1.82) is 0 Å². The third kappa shape index (κ3) is 3.33. The summed E-state index contributed by atoms with van der Waals surface area (Å²) in [6.45, 7) is 0.682. The molecular weight excluding hydrogens is 332 g/mol. The Morgan fingerprint density at radius 3 is 3.00 bits per heavy atom. The molecule has 1 aliphatic rings. The van der Waals surface area contributed by atoms with Crippen LogP contribution in [0.1, 0.15) is 18.9 Å². The Labute approximate surface area is 151 Å². The zero-order chi connectivity index (χ0) is 18.1. The number of nitrogens with zero attached hydrogens (tertiary/aromatic N) is 4. The summed E-state index contributed by atoms with van der Waals surface area (Å²) >= 11 is 0. The molecule has 4 N–H and O–H groups in total. The first-order chi connectivity index (χ1) is 12.7. The van der Waals surface area contributed by atoms with Crippen LogP contribution in [0.25, 0.3) is 22.4 Å². The Kier molecular flexibility index (Phi) is 4.44. The Hall–Kier alpha value is -2.71. The van der Waals surface area contributed by atoms with E-state index in [4.69, 9.17) is 10.5 Å². The number of hydrogen-bond acceptors (Lipinski definition) is 7. The van der Waals surface area contributed by atoms with Gasteiger partial charge in [-0.1, -0.05) is 12.1 Å². The highest BCUT2D eigenvalue weighted by atomic mass is 16.5. The van der Waals surface area contributed by atoms with Gasteiger partial charge in [0.15, 0.2) is 11.5 Å². The molecule has 0 bridgehead atoms. The van der Waals surface area contributed by atoms with Gasteiger partial charge in [-0.3, -0.25) is 0 Å². The summed E-state index contributed by atoms with van der Waals surface area (Å²) in [5.41, 5.74) is 7.70. The second kappa shape index (κ2) is 6.89. The number of aromatic nitrogens is 4. The van der Waals surface area contributed by atoms with Crippen molar-refractivity contribution in [2.24, 2.45) is 0 Å². The smallest absolute Gasteiger partial charge is 0.164 e. The van der Waals surface area contributed by atoms with E-state index in [1.165, 1.54) is 0 Å². The quantitative estimate of drug-likeness (QED) is 0.587. The molecule has 1 unspecified atom stereocenters. The van der Waals surface area contributed by atoms with Crippen LogP contribution >= 0.6 is 0 Å². The number of anilines is 1. The van der Waals surface area contributed by atoms with Gasteiger partial charge in [0.25, 0.3) is 0 Å². The predicted octanol–water partition coefficient (Wildman–Crippen LogP) is 1.37. The third-order valence-electron chi connectivity index (χ3n) is 4.35. The zero-order valence-electron chi connectivity index (χ0n) is 14.6. The molecule has 1 aliphatic carbocycles. The van der Waals surface area contributed by atoms with Crippen molar-refractivity contribution < 1.29 is 9.84 Å². The van der Waals surface area contributed by atoms with Gasteiger partial charge in [0.1, 0.15) is 24.3 Å². The van der Waals surface area contributed by atoms with Crippen LogP contribution in [0.2, 0.25) is 0 Å². The molecule has 8 heteroatoms. The van der Waals surface area contributed by atoms with Crippen molar-refractivity contribution in [3.05, 3.63) is 30.5 Å². The molecule has 1 saturated carbocycles. The summed E-state index contributed by atoms with van der Waals surface area (Å²) in [4.78, 5) is 9.12. The van der Waals surface area contributed by atoms with E-state index in [9.17, 15) is 5.11 Å². The Balaban J connectivity index is 1.62. The van der Waals surface area contributed by atoms with Gasteiger partial charge < -0.3 is 20.9 Å². The van der Waals surface area contributed by atoms with Gasteiger partial charge in [0.05, 0.1) is 17.6 Å². The summed E-state index contributed by atoms with van der Waals surface area (Å²) in [5, 5.41) is 17.9. The maximum absolute atomic E-state index is 9.78. The molecule has 1 atom stereocenters. The molecule has 1 aromatic carbocycles. The van der Waals surface area contributed by atoms with E-state index >= 15 is 0 Å². The number of aliphatic hydroxyl groups is 1. The molecule has 0 aliphatic heterocycles. The predicted molar refractivity (Wildman–Crippen MR) is 98.9 cm³/mol. The van der Waals surface area contributed by atoms with Crippen LogP contribution in [0, 0.1) is 0 Å². The molecule has 0 saturated heterocycles. The number of nitrogen functional groups attached to an aromatic ring is 1. The number of fused-ring (bicyclic) bond motifs is 1. The molecule has 0 spiro atoms. The average Bonchev–Trinajstić information content (AvgIpc) is 3.39. The van der Waals surface area contributed by atoms with Gasteiger partial charge in [-0.2, -0.15) is 5.10 Å². The van der Waals surface area contributed by atoms with Crippen molar-refractivity contribution in [2.45, 2.75) is 25.0 Å². The summed E-state index contributed by atoms with van der Waals surface area (Å²) in [6.07, 6.45) is 3.40. The van der Waals surface area contributed by atoms with Crippen LogP contribution in [-0.2, 0) is 0 Å². The Morgan fingerprint density at radius 1 is 1.38 bits per heavy atom. The average molecular weight is 354 g/mol. The van der Waals surface area contributed by atoms with E-state index in [1.807, 2.05) is 28.9 Å². The minimum absolute atomic E-state index is 0.209. The van der Waals surface area contributed by atoms with Gasteiger partial charge in [-0.05, 0) is 32.0 Å². The van der Waals surface area contributed by atoms with Crippen LogP contribution in [0.4, 0.5) is 5.82 Å². The first kappa shape index (κ1) is 16.7. The molecular formula is C18H22N6O2. The van der Waals surface area contributed by atoms with Crippen LogP contribution in [0.5, 0.6) is 5.75 Å². The number of ether oxygens (including phenoxy) is 1. The number of hydrogen-bond donors (Lipinski definition) is 3. The molecule has 2 heterocycles. The highest BCUT2D eigenvalue weighted by molar-refractivity contribution is 5.87. The normalized spacial score (nSPS) is 15.3. The molecule has 3 aromatic rings. The second-order valence-electron chi connectivity index (χ2n) is 6.54. The van der Waals surface area contributed by atoms with E-state index in [0.29, 0.717) is 30.0 Å². The number of benzene rings is 1. The van der Waals surface area contributed by atoms with Crippen LogP contribution < -0.4 is 15.8 Å². The van der Waals surface area contributed by atoms with Crippen molar-refractivity contribution in [3.63, 3.8) is 0 Å². The van der Waals surface area contributed by atoms with E-state index in [1.54, 1.807) is 13.2 Å². The number of rotatable bonds is 7. The fourth-order valence-electron chi connectivity index (χ4n) is 2.87. The minimum atomic E-state index is -0.570. The van der Waals surface area contributed by atoms with Gasteiger partial charge in [-0.25, -0.2) is 14.6 Å². The highest BCUT2D eigenvalue weighted by Crippen LogP contribution is 2.37. The molecule has 1 fully saturated rings. The van der Waals surface area contributed by atoms with Crippen molar-refractivity contribution >= 4 is 16.9 Å². The first-order valence-corrected chi connectivity index (χ1v) is 8.72. The monoisotopic (exact) mass is 354 g/mol. The molecule has 136 valence electrons. The van der Waals surface area contributed by atoms with Crippen LogP contribution in [-0.4, -0.2) is 51.2 Å². The largest absolute Gasteiger partial charge is 0.491 e. The molecule has 8 nitrogen and oxygen atoms in total. The summed E-state index contributed by atoms with van der Waals surface area (Å²) in [7, 11) is 1.79. The van der Waals surface area contributed by atoms with Gasteiger partial charge in [0.2, 0.25) is 0 Å². The lowest BCUT2D eigenvalue weighted by Crippen LogP contribution is -2.29.